The molecule has 0 aromatic heterocycles. The highest BCUT2D eigenvalue weighted by atomic mass is 16.5. The summed E-state index contributed by atoms with van der Waals surface area (Å²) in [6.07, 6.45) is 4.04. The van der Waals surface area contributed by atoms with Gasteiger partial charge in [-0.3, -0.25) is 9.69 Å². The highest BCUT2D eigenvalue weighted by Gasteiger charge is 2.22. The maximum absolute atomic E-state index is 12.4. The van der Waals surface area contributed by atoms with Crippen LogP contribution in [0.25, 0.3) is 0 Å². The molecule has 4 heteroatoms. The van der Waals surface area contributed by atoms with E-state index in [2.05, 4.69) is 41.8 Å². The van der Waals surface area contributed by atoms with Gasteiger partial charge >= 0.3 is 0 Å². The average molecular weight is 330 g/mol. The van der Waals surface area contributed by atoms with Gasteiger partial charge in [0.05, 0.1) is 6.61 Å². The number of nitrogens with zero attached hydrogens (tertiary/aromatic N) is 2. The number of ether oxygens (including phenoxy) is 1. The summed E-state index contributed by atoms with van der Waals surface area (Å²) < 4.78 is 5.57. The molecule has 1 atom stereocenters. The molecule has 4 nitrogen and oxygen atoms in total. The van der Waals surface area contributed by atoms with Crippen LogP contribution in [-0.2, 0) is 17.8 Å². The van der Waals surface area contributed by atoms with Crippen molar-refractivity contribution < 1.29 is 9.53 Å². The van der Waals surface area contributed by atoms with Crippen molar-refractivity contribution in [3.05, 3.63) is 29.3 Å². The first-order valence-electron chi connectivity index (χ1n) is 9.40. The average Bonchev–Trinajstić information content (AvgIpc) is 3.03. The summed E-state index contributed by atoms with van der Waals surface area (Å²) in [5.41, 5.74) is 2.70. The quantitative estimate of drug-likeness (QED) is 0.803. The van der Waals surface area contributed by atoms with Gasteiger partial charge in [0.2, 0.25) is 5.91 Å². The third-order valence-corrected chi connectivity index (χ3v) is 5.19. The third kappa shape index (κ3) is 4.29. The molecule has 132 valence electrons. The van der Waals surface area contributed by atoms with E-state index in [1.165, 1.54) is 11.1 Å². The molecule has 2 aliphatic heterocycles. The number of amides is 1. The molecule has 0 radical (unpaired) electrons. The van der Waals surface area contributed by atoms with E-state index in [1.807, 2.05) is 0 Å². The van der Waals surface area contributed by atoms with Gasteiger partial charge in [-0.1, -0.05) is 38.8 Å². The van der Waals surface area contributed by atoms with Gasteiger partial charge < -0.3 is 9.64 Å². The van der Waals surface area contributed by atoms with Crippen LogP contribution in [0.4, 0.5) is 0 Å². The van der Waals surface area contributed by atoms with E-state index in [9.17, 15) is 4.79 Å². The second-order valence-corrected chi connectivity index (χ2v) is 7.30. The molecule has 1 amide bonds. The van der Waals surface area contributed by atoms with Crippen LogP contribution in [0.5, 0.6) is 5.75 Å². The molecule has 1 saturated heterocycles. The zero-order valence-corrected chi connectivity index (χ0v) is 15.1. The lowest BCUT2D eigenvalue weighted by Gasteiger charge is -2.35. The van der Waals surface area contributed by atoms with Crippen molar-refractivity contribution in [2.45, 2.75) is 46.1 Å². The largest absolute Gasteiger partial charge is 0.493 e. The molecule has 0 spiro atoms. The van der Waals surface area contributed by atoms with Crippen LogP contribution in [-0.4, -0.2) is 48.5 Å². The van der Waals surface area contributed by atoms with Crippen LogP contribution in [0.2, 0.25) is 0 Å². The van der Waals surface area contributed by atoms with E-state index in [1.54, 1.807) is 0 Å². The lowest BCUT2D eigenvalue weighted by Crippen LogP contribution is -2.48. The first-order valence-corrected chi connectivity index (χ1v) is 9.40. The fourth-order valence-electron chi connectivity index (χ4n) is 3.77. The minimum atomic E-state index is 0.338. The molecule has 0 aliphatic carbocycles. The number of hydrogen-bond donors (Lipinski definition) is 0. The molecular formula is C20H30N2O2. The van der Waals surface area contributed by atoms with Crippen LogP contribution in [0.1, 0.15) is 44.2 Å². The normalized spacial score (nSPS) is 19.0. The number of carbonyl (C=O) groups is 1. The fourth-order valence-corrected chi connectivity index (χ4v) is 3.77. The molecule has 1 aromatic rings. The Labute approximate surface area is 145 Å². The fraction of sp³-hybridized carbons (Fsp3) is 0.650. The summed E-state index contributed by atoms with van der Waals surface area (Å²) in [6, 6.07) is 6.56. The Hall–Kier alpha value is -1.55. The summed E-state index contributed by atoms with van der Waals surface area (Å²) in [4.78, 5) is 16.9. The first kappa shape index (κ1) is 17.3. The van der Waals surface area contributed by atoms with Crippen LogP contribution >= 0.6 is 0 Å². The second-order valence-electron chi connectivity index (χ2n) is 7.30. The van der Waals surface area contributed by atoms with Gasteiger partial charge in [-0.15, -0.1) is 0 Å². The van der Waals surface area contributed by atoms with Crippen LogP contribution in [0, 0.1) is 5.92 Å². The number of benzene rings is 1. The SMILES string of the molecule is CCCC(C)CC(=O)N1CCN(Cc2ccc3c(c2)CCO3)CC1. The monoisotopic (exact) mass is 330 g/mol. The lowest BCUT2D eigenvalue weighted by molar-refractivity contribution is -0.133. The van der Waals surface area contributed by atoms with Crippen molar-refractivity contribution in [1.82, 2.24) is 9.80 Å². The van der Waals surface area contributed by atoms with Crippen molar-refractivity contribution in [2.24, 2.45) is 5.92 Å². The molecular weight excluding hydrogens is 300 g/mol. The number of rotatable bonds is 6. The van der Waals surface area contributed by atoms with E-state index in [4.69, 9.17) is 4.74 Å². The van der Waals surface area contributed by atoms with E-state index in [-0.39, 0.29) is 0 Å². The molecule has 1 unspecified atom stereocenters. The maximum Gasteiger partial charge on any atom is 0.222 e. The minimum absolute atomic E-state index is 0.338. The highest BCUT2D eigenvalue weighted by molar-refractivity contribution is 5.76. The molecule has 2 heterocycles. The summed E-state index contributed by atoms with van der Waals surface area (Å²) >= 11 is 0. The Morgan fingerprint density at radius 3 is 2.79 bits per heavy atom. The van der Waals surface area contributed by atoms with Crippen molar-refractivity contribution in [3.63, 3.8) is 0 Å². The van der Waals surface area contributed by atoms with E-state index >= 15 is 0 Å². The Morgan fingerprint density at radius 1 is 1.25 bits per heavy atom. The Bertz CT molecular complexity index is 565. The zero-order chi connectivity index (χ0) is 16.9. The Kier molecular flexibility index (Phi) is 5.77. The van der Waals surface area contributed by atoms with Crippen molar-refractivity contribution in [2.75, 3.05) is 32.8 Å². The van der Waals surface area contributed by atoms with E-state index in [0.717, 1.165) is 64.3 Å². The van der Waals surface area contributed by atoms with Crippen LogP contribution < -0.4 is 4.74 Å². The van der Waals surface area contributed by atoms with Crippen molar-refractivity contribution in [1.29, 1.82) is 0 Å². The number of hydrogen-bond acceptors (Lipinski definition) is 3. The smallest absolute Gasteiger partial charge is 0.222 e. The molecule has 1 fully saturated rings. The maximum atomic E-state index is 12.4. The molecule has 0 saturated carbocycles. The van der Waals surface area contributed by atoms with Gasteiger partial charge in [0.1, 0.15) is 5.75 Å². The number of carbonyl (C=O) groups excluding carboxylic acids is 1. The lowest BCUT2D eigenvalue weighted by atomic mass is 10.0. The third-order valence-electron chi connectivity index (χ3n) is 5.19. The predicted molar refractivity (Wildman–Crippen MR) is 96.2 cm³/mol. The Morgan fingerprint density at radius 2 is 2.04 bits per heavy atom. The molecule has 0 N–H and O–H groups in total. The zero-order valence-electron chi connectivity index (χ0n) is 15.1. The van der Waals surface area contributed by atoms with E-state index in [0.29, 0.717) is 18.2 Å². The first-order chi connectivity index (χ1) is 11.7. The molecule has 24 heavy (non-hydrogen) atoms. The van der Waals surface area contributed by atoms with Gasteiger partial charge in [0.25, 0.3) is 0 Å². The van der Waals surface area contributed by atoms with Crippen molar-refractivity contribution in [3.8, 4) is 5.75 Å². The highest BCUT2D eigenvalue weighted by Crippen LogP contribution is 2.26. The van der Waals surface area contributed by atoms with Gasteiger partial charge in [0.15, 0.2) is 0 Å². The molecule has 2 aliphatic rings. The van der Waals surface area contributed by atoms with Crippen LogP contribution in [0.15, 0.2) is 18.2 Å². The van der Waals surface area contributed by atoms with Gasteiger partial charge in [-0.2, -0.15) is 0 Å². The summed E-state index contributed by atoms with van der Waals surface area (Å²) in [7, 11) is 0. The van der Waals surface area contributed by atoms with Gasteiger partial charge in [-0.05, 0) is 23.1 Å². The Balaban J connectivity index is 1.46. The van der Waals surface area contributed by atoms with Crippen LogP contribution in [0.3, 0.4) is 0 Å². The van der Waals surface area contributed by atoms with Gasteiger partial charge in [-0.25, -0.2) is 0 Å². The summed E-state index contributed by atoms with van der Waals surface area (Å²) in [5, 5.41) is 0. The standard InChI is InChI=1S/C20H30N2O2/c1-3-4-16(2)13-20(23)22-10-8-21(9-11-22)15-17-5-6-19-18(14-17)7-12-24-19/h5-6,14,16H,3-4,7-13,15H2,1-2H3. The van der Waals surface area contributed by atoms with Crippen molar-refractivity contribution >= 4 is 5.91 Å². The molecule has 3 rings (SSSR count). The summed E-state index contributed by atoms with van der Waals surface area (Å²) in [6.45, 7) is 9.85. The number of fused-ring (bicyclic) bond motifs is 1. The minimum Gasteiger partial charge on any atom is -0.493 e. The van der Waals surface area contributed by atoms with Gasteiger partial charge in [0, 0.05) is 45.6 Å². The summed E-state index contributed by atoms with van der Waals surface area (Å²) in [5.74, 6) is 1.90. The molecule has 0 bridgehead atoms. The molecule has 1 aromatic carbocycles. The predicted octanol–water partition coefficient (Wildman–Crippen LogP) is 3.09. The van der Waals surface area contributed by atoms with E-state index < -0.39 is 0 Å². The second kappa shape index (κ2) is 8.02. The topological polar surface area (TPSA) is 32.8 Å². The number of piperazine rings is 1.